The molecule has 0 N–H and O–H groups in total. The molecule has 0 spiro atoms. The van der Waals surface area contributed by atoms with Crippen molar-refractivity contribution in [2.24, 2.45) is 0 Å². The van der Waals surface area contributed by atoms with Crippen LogP contribution in [0.15, 0.2) is 40.9 Å². The van der Waals surface area contributed by atoms with E-state index < -0.39 is 4.92 Å². The number of benzene rings is 2. The van der Waals surface area contributed by atoms with Gasteiger partial charge in [-0.3, -0.25) is 10.1 Å². The highest BCUT2D eigenvalue weighted by Crippen LogP contribution is 2.34. The lowest BCUT2D eigenvalue weighted by molar-refractivity contribution is -0.386. The fourth-order valence-electron chi connectivity index (χ4n) is 1.87. The van der Waals surface area contributed by atoms with Crippen LogP contribution in [0.4, 0.5) is 5.69 Å². The van der Waals surface area contributed by atoms with Gasteiger partial charge >= 0.3 is 5.69 Å². The molecule has 5 nitrogen and oxygen atoms in total. The highest BCUT2D eigenvalue weighted by molar-refractivity contribution is 9.10. The van der Waals surface area contributed by atoms with Crippen molar-refractivity contribution in [3.8, 4) is 11.8 Å². The summed E-state index contributed by atoms with van der Waals surface area (Å²) < 4.78 is 6.23. The Morgan fingerprint density at radius 3 is 2.57 bits per heavy atom. The van der Waals surface area contributed by atoms with Crippen LogP contribution in [-0.2, 0) is 6.61 Å². The van der Waals surface area contributed by atoms with Crippen LogP contribution in [0.25, 0.3) is 0 Å². The minimum Gasteiger partial charge on any atom is -0.482 e. The number of nitriles is 1. The number of rotatable bonds is 4. The Morgan fingerprint density at radius 2 is 2.00 bits per heavy atom. The molecule has 0 aliphatic heterocycles. The summed E-state index contributed by atoms with van der Waals surface area (Å²) in [6.45, 7) is 1.96. The maximum absolute atomic E-state index is 11.1. The minimum absolute atomic E-state index is 0.0736. The molecule has 0 unspecified atom stereocenters. The van der Waals surface area contributed by atoms with E-state index in [4.69, 9.17) is 10.00 Å². The molecule has 6 heteroatoms. The molecule has 0 aliphatic rings. The van der Waals surface area contributed by atoms with E-state index in [0.29, 0.717) is 15.6 Å². The normalized spacial score (nSPS) is 9.95. The summed E-state index contributed by atoms with van der Waals surface area (Å²) in [4.78, 5) is 10.6. The lowest BCUT2D eigenvalue weighted by Gasteiger charge is -2.10. The zero-order chi connectivity index (χ0) is 15.4. The second kappa shape index (κ2) is 6.37. The summed E-state index contributed by atoms with van der Waals surface area (Å²) in [5, 5.41) is 19.8. The fraction of sp³-hybridized carbons (Fsp3) is 0.133. The van der Waals surface area contributed by atoms with Gasteiger partial charge in [0, 0.05) is 10.5 Å². The molecule has 0 bridgehead atoms. The molecular formula is C15H11BrN2O3. The van der Waals surface area contributed by atoms with Crippen LogP contribution in [0.1, 0.15) is 16.7 Å². The number of aryl methyl sites for hydroxylation is 1. The molecule has 106 valence electrons. The first-order valence-corrected chi connectivity index (χ1v) is 6.87. The number of hydrogen-bond acceptors (Lipinski definition) is 4. The van der Waals surface area contributed by atoms with Crippen molar-refractivity contribution in [3.05, 3.63) is 67.7 Å². The zero-order valence-electron chi connectivity index (χ0n) is 11.2. The molecule has 21 heavy (non-hydrogen) atoms. The first-order valence-electron chi connectivity index (χ1n) is 6.07. The van der Waals surface area contributed by atoms with E-state index in [0.717, 1.165) is 5.56 Å². The van der Waals surface area contributed by atoms with E-state index in [1.165, 1.54) is 6.07 Å². The highest BCUT2D eigenvalue weighted by atomic mass is 79.9. The molecule has 2 rings (SSSR count). The van der Waals surface area contributed by atoms with Gasteiger partial charge in [0.05, 0.1) is 16.6 Å². The van der Waals surface area contributed by atoms with E-state index in [9.17, 15) is 10.1 Å². The Bertz CT molecular complexity index is 721. The van der Waals surface area contributed by atoms with E-state index >= 15 is 0 Å². The van der Waals surface area contributed by atoms with Gasteiger partial charge in [-0.15, -0.1) is 0 Å². The van der Waals surface area contributed by atoms with Crippen LogP contribution in [0.3, 0.4) is 0 Å². The summed E-state index contributed by atoms with van der Waals surface area (Å²) in [5.74, 6) is 0.257. The van der Waals surface area contributed by atoms with Gasteiger partial charge in [0.25, 0.3) is 0 Å². The average molecular weight is 347 g/mol. The van der Waals surface area contributed by atoms with Crippen LogP contribution in [0, 0.1) is 28.4 Å². The molecule has 0 atom stereocenters. The van der Waals surface area contributed by atoms with Crippen LogP contribution in [0.2, 0.25) is 0 Å². The molecule has 2 aromatic rings. The molecule has 0 aliphatic carbocycles. The topological polar surface area (TPSA) is 76.2 Å². The Labute approximate surface area is 130 Å². The molecular weight excluding hydrogens is 336 g/mol. The van der Waals surface area contributed by atoms with Crippen LogP contribution in [0.5, 0.6) is 5.75 Å². The number of hydrogen-bond donors (Lipinski definition) is 0. The largest absolute Gasteiger partial charge is 0.482 e. The van der Waals surface area contributed by atoms with Crippen molar-refractivity contribution in [1.29, 1.82) is 5.26 Å². The minimum atomic E-state index is -0.466. The summed E-state index contributed by atoms with van der Waals surface area (Å²) in [6.07, 6.45) is 0. The molecule has 2 aromatic carbocycles. The molecule has 0 heterocycles. The van der Waals surface area contributed by atoms with Crippen molar-refractivity contribution < 1.29 is 9.66 Å². The van der Waals surface area contributed by atoms with Gasteiger partial charge in [0.1, 0.15) is 6.61 Å². The van der Waals surface area contributed by atoms with Crippen LogP contribution >= 0.6 is 15.9 Å². The molecule has 0 radical (unpaired) electrons. The van der Waals surface area contributed by atoms with Crippen LogP contribution < -0.4 is 4.74 Å². The van der Waals surface area contributed by atoms with E-state index in [-0.39, 0.29) is 18.0 Å². The Balaban J connectivity index is 2.23. The number of nitro groups is 1. The monoisotopic (exact) mass is 346 g/mol. The first-order chi connectivity index (χ1) is 10.0. The predicted molar refractivity (Wildman–Crippen MR) is 81.0 cm³/mol. The van der Waals surface area contributed by atoms with Crippen LogP contribution in [-0.4, -0.2) is 4.92 Å². The van der Waals surface area contributed by atoms with Crippen molar-refractivity contribution in [3.63, 3.8) is 0 Å². The predicted octanol–water partition coefficient (Wildman–Crippen LogP) is 4.12. The van der Waals surface area contributed by atoms with Crippen molar-refractivity contribution >= 4 is 21.6 Å². The third-order valence-electron chi connectivity index (χ3n) is 2.88. The summed E-state index contributed by atoms with van der Waals surface area (Å²) in [7, 11) is 0. The number of halogens is 1. The SMILES string of the molecule is Cc1cc(Br)cc([N+](=O)[O-])c1OCc1ccc(C#N)cc1. The summed E-state index contributed by atoms with van der Waals surface area (Å²) >= 11 is 3.24. The Morgan fingerprint density at radius 1 is 1.33 bits per heavy atom. The maximum atomic E-state index is 11.1. The second-order valence-electron chi connectivity index (χ2n) is 4.43. The van der Waals surface area contributed by atoms with Gasteiger partial charge < -0.3 is 4.74 Å². The van der Waals surface area contributed by atoms with Crippen molar-refractivity contribution in [1.82, 2.24) is 0 Å². The third-order valence-corrected chi connectivity index (χ3v) is 3.34. The van der Waals surface area contributed by atoms with Crippen molar-refractivity contribution in [2.45, 2.75) is 13.5 Å². The first kappa shape index (κ1) is 15.0. The number of nitrogens with zero attached hydrogens (tertiary/aromatic N) is 2. The third kappa shape index (κ3) is 3.58. The van der Waals surface area contributed by atoms with Gasteiger partial charge in [-0.05, 0) is 36.2 Å². The van der Waals surface area contributed by atoms with Gasteiger partial charge in [-0.2, -0.15) is 5.26 Å². The van der Waals surface area contributed by atoms with E-state index in [2.05, 4.69) is 15.9 Å². The number of nitro benzene ring substituents is 1. The zero-order valence-corrected chi connectivity index (χ0v) is 12.8. The quantitative estimate of drug-likeness (QED) is 0.616. The van der Waals surface area contributed by atoms with Gasteiger partial charge in [-0.1, -0.05) is 28.1 Å². The van der Waals surface area contributed by atoms with Gasteiger partial charge in [-0.25, -0.2) is 0 Å². The molecule has 0 fully saturated rings. The average Bonchev–Trinajstić information content (AvgIpc) is 2.46. The molecule has 0 aromatic heterocycles. The summed E-state index contributed by atoms with van der Waals surface area (Å²) in [5.41, 5.74) is 2.01. The smallest absolute Gasteiger partial charge is 0.312 e. The number of ether oxygens (including phenoxy) is 1. The molecule has 0 saturated heterocycles. The van der Waals surface area contributed by atoms with Gasteiger partial charge in [0.2, 0.25) is 0 Å². The Hall–Kier alpha value is -2.39. The molecule has 0 saturated carbocycles. The summed E-state index contributed by atoms with van der Waals surface area (Å²) in [6, 6.07) is 12.1. The Kier molecular flexibility index (Phi) is 4.55. The van der Waals surface area contributed by atoms with Gasteiger partial charge in [0.15, 0.2) is 5.75 Å². The van der Waals surface area contributed by atoms with Crippen molar-refractivity contribution in [2.75, 3.05) is 0 Å². The highest BCUT2D eigenvalue weighted by Gasteiger charge is 2.19. The van der Waals surface area contributed by atoms with E-state index in [1.54, 1.807) is 37.3 Å². The lowest BCUT2D eigenvalue weighted by Crippen LogP contribution is -2.01. The second-order valence-corrected chi connectivity index (χ2v) is 5.34. The standard InChI is InChI=1S/C15H11BrN2O3/c1-10-6-13(16)7-14(18(19)20)15(10)21-9-12-4-2-11(8-17)3-5-12/h2-7H,9H2,1H3. The lowest BCUT2D eigenvalue weighted by atomic mass is 10.1. The fourth-order valence-corrected chi connectivity index (χ4v) is 2.43. The maximum Gasteiger partial charge on any atom is 0.312 e. The van der Waals surface area contributed by atoms with E-state index in [1.807, 2.05) is 6.07 Å². The molecule has 0 amide bonds.